The molecule has 7 nitrogen and oxygen atoms in total. The lowest BCUT2D eigenvalue weighted by Crippen LogP contribution is -2.45. The summed E-state index contributed by atoms with van der Waals surface area (Å²) in [6.07, 6.45) is 0. The lowest BCUT2D eigenvalue weighted by Gasteiger charge is -2.39. The molecule has 2 aliphatic carbocycles. The maximum absolute atomic E-state index is 15.9. The Hall–Kier alpha value is -5.95. The topological polar surface area (TPSA) is 97.6 Å². The van der Waals surface area contributed by atoms with Gasteiger partial charge in [0.2, 0.25) is 11.8 Å². The molecule has 1 saturated heterocycles. The van der Waals surface area contributed by atoms with E-state index < -0.39 is 39.4 Å². The van der Waals surface area contributed by atoms with Crippen molar-refractivity contribution < 1.29 is 19.3 Å². The Kier molecular flexibility index (Phi) is 6.24. The molecule has 3 aliphatic rings. The van der Waals surface area contributed by atoms with Gasteiger partial charge in [-0.05, 0) is 45.9 Å². The lowest BCUT2D eigenvalue weighted by atomic mass is 9.59. The molecule has 5 aromatic rings. The highest BCUT2D eigenvalue weighted by molar-refractivity contribution is 6.39. The van der Waals surface area contributed by atoms with Gasteiger partial charge < -0.3 is 0 Å². The minimum Gasteiger partial charge on any atom is -0.297 e. The largest absolute Gasteiger partial charge is 0.297 e. The van der Waals surface area contributed by atoms with Crippen LogP contribution in [0.25, 0.3) is 11.1 Å². The van der Waals surface area contributed by atoms with Gasteiger partial charge >= 0.3 is 0 Å². The summed E-state index contributed by atoms with van der Waals surface area (Å²) < 4.78 is 0. The molecule has 1 saturated carbocycles. The average Bonchev–Trinajstić information content (AvgIpc) is 3.62. The number of hydrogen-bond acceptors (Lipinski definition) is 5. The molecular formula is C40H28N2O5. The van der Waals surface area contributed by atoms with E-state index in [1.165, 1.54) is 12.1 Å². The first-order valence-electron chi connectivity index (χ1n) is 15.5. The lowest BCUT2D eigenvalue weighted by molar-refractivity contribution is -0.384. The number of fused-ring (bicyclic) bond motifs is 5. The van der Waals surface area contributed by atoms with Crippen molar-refractivity contribution in [1.82, 2.24) is 0 Å². The number of carbonyl (C=O) groups excluding carboxylic acids is 3. The smallest absolute Gasteiger partial charge is 0.271 e. The van der Waals surface area contributed by atoms with Gasteiger partial charge in [-0.25, -0.2) is 4.90 Å². The molecule has 5 aromatic carbocycles. The van der Waals surface area contributed by atoms with Gasteiger partial charge in [-0.1, -0.05) is 127 Å². The quantitative estimate of drug-likeness (QED) is 0.115. The monoisotopic (exact) mass is 616 g/mol. The fourth-order valence-electron chi connectivity index (χ4n) is 8.52. The predicted octanol–water partition coefficient (Wildman–Crippen LogP) is 7.09. The van der Waals surface area contributed by atoms with E-state index in [1.54, 1.807) is 13.0 Å². The highest BCUT2D eigenvalue weighted by Gasteiger charge is 2.82. The van der Waals surface area contributed by atoms with Gasteiger partial charge in [-0.3, -0.25) is 24.5 Å². The van der Waals surface area contributed by atoms with Gasteiger partial charge in [-0.15, -0.1) is 0 Å². The Morgan fingerprint density at radius 3 is 1.40 bits per heavy atom. The third-order valence-corrected chi connectivity index (χ3v) is 10.2. The van der Waals surface area contributed by atoms with Crippen molar-refractivity contribution in [2.24, 2.45) is 11.8 Å². The van der Waals surface area contributed by atoms with Gasteiger partial charge in [-0.2, -0.15) is 0 Å². The molecule has 0 spiro atoms. The zero-order valence-electron chi connectivity index (χ0n) is 25.4. The Labute approximate surface area is 270 Å². The Bertz CT molecular complexity index is 2030. The summed E-state index contributed by atoms with van der Waals surface area (Å²) in [4.78, 5) is 58.5. The van der Waals surface area contributed by atoms with E-state index in [0.717, 1.165) is 16.0 Å². The molecule has 1 heterocycles. The minimum atomic E-state index is -1.54. The first-order valence-corrected chi connectivity index (χ1v) is 15.5. The summed E-state index contributed by atoms with van der Waals surface area (Å²) in [7, 11) is 0. The van der Waals surface area contributed by atoms with Crippen molar-refractivity contribution in [3.63, 3.8) is 0 Å². The van der Waals surface area contributed by atoms with Crippen molar-refractivity contribution in [3.05, 3.63) is 177 Å². The zero-order chi connectivity index (χ0) is 32.5. The summed E-state index contributed by atoms with van der Waals surface area (Å²) in [6.45, 7) is 1.72. The molecule has 4 atom stereocenters. The molecule has 0 aromatic heterocycles. The number of Topliss-reactive ketones (excluding diaryl/α,β-unsaturated/α-hetero) is 1. The van der Waals surface area contributed by atoms with Gasteiger partial charge in [0.1, 0.15) is 0 Å². The van der Waals surface area contributed by atoms with Gasteiger partial charge in [0.15, 0.2) is 5.78 Å². The second kappa shape index (κ2) is 10.3. The van der Waals surface area contributed by atoms with Crippen LogP contribution < -0.4 is 4.90 Å². The summed E-state index contributed by atoms with van der Waals surface area (Å²) in [6, 6.07) is 42.0. The molecule has 0 N–H and O–H groups in total. The van der Waals surface area contributed by atoms with E-state index in [1.807, 2.05) is 121 Å². The highest BCUT2D eigenvalue weighted by Crippen LogP contribution is 2.74. The predicted molar refractivity (Wildman–Crippen MR) is 178 cm³/mol. The Balaban J connectivity index is 1.54. The molecule has 47 heavy (non-hydrogen) atoms. The number of rotatable bonds is 6. The van der Waals surface area contributed by atoms with Crippen molar-refractivity contribution in [3.8, 4) is 0 Å². The number of aryl methyl sites for hydroxylation is 1. The zero-order valence-corrected chi connectivity index (χ0v) is 25.4. The number of nitrogens with zero attached hydrogens (tertiary/aromatic N) is 2. The standard InChI is InChI=1S/C40H28N2O5/c1-25-22-23-30(42(46)47)24-31(25)41-36(43)34-35(37(41)44)40(29-20-12-5-13-21-29)33(27-16-8-3-9-17-27)32(26-14-6-2-7-15-26)39(34,38(40)45)28-18-10-4-11-19-28/h2-24,34-35H,1H3/t34-,35-,39+,40+/m1/s1. The van der Waals surface area contributed by atoms with Crippen LogP contribution in [0, 0.1) is 28.9 Å². The SMILES string of the molecule is Cc1ccc([N+](=O)[O-])cc1N1C(=O)[C@H]2[C@H](C1=O)[C@@]1(c3ccccc3)C(=O)[C@@]2(c2ccccc2)C(c2ccccc2)=C1c1ccccc1. The van der Waals surface area contributed by atoms with E-state index in [2.05, 4.69) is 0 Å². The molecular weight excluding hydrogens is 588 g/mol. The van der Waals surface area contributed by atoms with Crippen LogP contribution in [0.3, 0.4) is 0 Å². The van der Waals surface area contributed by atoms with Gasteiger partial charge in [0.25, 0.3) is 5.69 Å². The number of nitro groups is 1. The third-order valence-electron chi connectivity index (χ3n) is 10.2. The number of carbonyl (C=O) groups is 3. The minimum absolute atomic E-state index is 0.157. The molecule has 228 valence electrons. The summed E-state index contributed by atoms with van der Waals surface area (Å²) >= 11 is 0. The normalized spacial score (nSPS) is 24.6. The second-order valence-corrected chi connectivity index (χ2v) is 12.4. The maximum atomic E-state index is 15.9. The van der Waals surface area contributed by atoms with Crippen LogP contribution in [-0.2, 0) is 25.2 Å². The van der Waals surface area contributed by atoms with Crippen LogP contribution in [0.4, 0.5) is 11.4 Å². The molecule has 2 fully saturated rings. The number of nitro benzene ring substituents is 1. The molecule has 8 rings (SSSR count). The number of anilines is 1. The first-order chi connectivity index (χ1) is 22.8. The first kappa shape index (κ1) is 28.5. The van der Waals surface area contributed by atoms with Crippen LogP contribution in [0.2, 0.25) is 0 Å². The molecule has 0 radical (unpaired) electrons. The fourth-order valence-corrected chi connectivity index (χ4v) is 8.52. The van der Waals surface area contributed by atoms with Gasteiger partial charge in [0, 0.05) is 12.1 Å². The van der Waals surface area contributed by atoms with Crippen molar-refractivity contribution in [1.29, 1.82) is 0 Å². The number of allylic oxidation sites excluding steroid dienone is 2. The van der Waals surface area contributed by atoms with Crippen LogP contribution in [0.5, 0.6) is 0 Å². The van der Waals surface area contributed by atoms with E-state index in [-0.39, 0.29) is 17.2 Å². The van der Waals surface area contributed by atoms with Crippen molar-refractivity contribution in [2.45, 2.75) is 17.8 Å². The van der Waals surface area contributed by atoms with E-state index in [0.29, 0.717) is 27.8 Å². The molecule has 7 heteroatoms. The second-order valence-electron chi connectivity index (χ2n) is 12.4. The van der Waals surface area contributed by atoms with E-state index >= 15 is 14.4 Å². The van der Waals surface area contributed by atoms with Crippen molar-refractivity contribution in [2.75, 3.05) is 4.90 Å². The van der Waals surface area contributed by atoms with Crippen LogP contribution in [0.1, 0.15) is 27.8 Å². The number of non-ortho nitro benzene ring substituents is 1. The summed E-state index contributed by atoms with van der Waals surface area (Å²) in [5.41, 5.74) is 1.61. The number of amides is 2. The molecule has 2 amide bonds. The van der Waals surface area contributed by atoms with Crippen LogP contribution in [-0.4, -0.2) is 22.5 Å². The molecule has 2 bridgehead atoms. The fraction of sp³-hybridized carbons (Fsp3) is 0.125. The average molecular weight is 617 g/mol. The number of benzene rings is 5. The van der Waals surface area contributed by atoms with Crippen LogP contribution in [0.15, 0.2) is 140 Å². The molecule has 1 aliphatic heterocycles. The molecule has 0 unspecified atom stereocenters. The van der Waals surface area contributed by atoms with Gasteiger partial charge in [0.05, 0.1) is 33.3 Å². The van der Waals surface area contributed by atoms with E-state index in [4.69, 9.17) is 0 Å². The Morgan fingerprint density at radius 1 is 0.596 bits per heavy atom. The maximum Gasteiger partial charge on any atom is 0.271 e. The van der Waals surface area contributed by atoms with Crippen LogP contribution >= 0.6 is 0 Å². The van der Waals surface area contributed by atoms with E-state index in [9.17, 15) is 10.1 Å². The third kappa shape index (κ3) is 3.59. The summed E-state index contributed by atoms with van der Waals surface area (Å²) in [5.74, 6) is -3.51. The Morgan fingerprint density at radius 2 is 1.00 bits per heavy atom. The summed E-state index contributed by atoms with van der Waals surface area (Å²) in [5, 5.41) is 11.8. The highest BCUT2D eigenvalue weighted by atomic mass is 16.6. The number of ketones is 1. The number of hydrogen-bond donors (Lipinski definition) is 0. The van der Waals surface area contributed by atoms with Crippen molar-refractivity contribution >= 4 is 40.1 Å². The number of imide groups is 1.